The molecule has 1 saturated heterocycles. The van der Waals surface area contributed by atoms with Crippen LogP contribution >= 0.6 is 12.4 Å². The second-order valence-electron chi connectivity index (χ2n) is 5.63. The monoisotopic (exact) mass is 333 g/mol. The van der Waals surface area contributed by atoms with Crippen LogP contribution in [0.5, 0.6) is 0 Å². The smallest absolute Gasteiger partial charge is 0.108 e. The van der Waals surface area contributed by atoms with E-state index in [1.54, 1.807) is 4.68 Å². The van der Waals surface area contributed by atoms with Crippen molar-refractivity contribution in [1.29, 1.82) is 0 Å². The fourth-order valence-corrected chi connectivity index (χ4v) is 2.90. The number of halogens is 1. The Bertz CT molecular complexity index is 786. The zero-order valence-corrected chi connectivity index (χ0v) is 13.8. The number of aromatic nitrogens is 5. The quantitative estimate of drug-likeness (QED) is 0.767. The van der Waals surface area contributed by atoms with E-state index >= 15 is 0 Å². The highest BCUT2D eigenvalue weighted by atomic mass is 35.5. The SMILES string of the molecule is Cl.Cn1cc(-c2cn3ncc(N4CCCNCC4)c3cn2)cn1. The van der Waals surface area contributed by atoms with Gasteiger partial charge in [0.1, 0.15) is 5.52 Å². The molecule has 4 heterocycles. The maximum atomic E-state index is 4.59. The summed E-state index contributed by atoms with van der Waals surface area (Å²) >= 11 is 0. The number of rotatable bonds is 2. The highest BCUT2D eigenvalue weighted by Crippen LogP contribution is 2.24. The average Bonchev–Trinajstić information content (AvgIpc) is 3.05. The lowest BCUT2D eigenvalue weighted by molar-refractivity contribution is 0.724. The van der Waals surface area contributed by atoms with E-state index in [-0.39, 0.29) is 12.4 Å². The first-order chi connectivity index (χ1) is 10.8. The van der Waals surface area contributed by atoms with Crippen molar-refractivity contribution in [2.24, 2.45) is 7.05 Å². The second kappa shape index (κ2) is 6.55. The Hall–Kier alpha value is -2.12. The molecule has 0 radical (unpaired) electrons. The molecule has 4 rings (SSSR count). The number of anilines is 1. The first-order valence-corrected chi connectivity index (χ1v) is 7.59. The van der Waals surface area contributed by atoms with E-state index in [9.17, 15) is 0 Å². The number of nitrogens with one attached hydrogen (secondary N) is 1. The fraction of sp³-hybridized carbons (Fsp3) is 0.400. The van der Waals surface area contributed by atoms with Gasteiger partial charge in [-0.25, -0.2) is 4.52 Å². The first kappa shape index (κ1) is 15.8. The molecule has 0 atom stereocenters. The van der Waals surface area contributed by atoms with Gasteiger partial charge in [0.2, 0.25) is 0 Å². The van der Waals surface area contributed by atoms with E-state index in [0.717, 1.165) is 55.1 Å². The number of fused-ring (bicyclic) bond motifs is 1. The summed E-state index contributed by atoms with van der Waals surface area (Å²) < 4.78 is 3.68. The Kier molecular flexibility index (Phi) is 4.49. The van der Waals surface area contributed by atoms with Crippen LogP contribution < -0.4 is 10.2 Å². The minimum atomic E-state index is 0. The number of hydrogen-bond acceptors (Lipinski definition) is 5. The van der Waals surface area contributed by atoms with Crippen LogP contribution in [0.15, 0.2) is 31.0 Å². The van der Waals surface area contributed by atoms with E-state index in [1.807, 2.05) is 42.5 Å². The van der Waals surface area contributed by atoms with E-state index in [2.05, 4.69) is 25.4 Å². The highest BCUT2D eigenvalue weighted by molar-refractivity contribution is 5.85. The topological polar surface area (TPSA) is 63.3 Å². The summed E-state index contributed by atoms with van der Waals surface area (Å²) in [5.41, 5.74) is 4.09. The van der Waals surface area contributed by atoms with Crippen molar-refractivity contribution in [3.63, 3.8) is 0 Å². The van der Waals surface area contributed by atoms with Crippen LogP contribution in [0.1, 0.15) is 6.42 Å². The van der Waals surface area contributed by atoms with Gasteiger partial charge in [-0.05, 0) is 13.0 Å². The van der Waals surface area contributed by atoms with Crippen molar-refractivity contribution in [2.45, 2.75) is 6.42 Å². The van der Waals surface area contributed by atoms with Crippen LogP contribution in [0.3, 0.4) is 0 Å². The van der Waals surface area contributed by atoms with Gasteiger partial charge in [0, 0.05) is 38.4 Å². The van der Waals surface area contributed by atoms with Crippen LogP contribution in [-0.2, 0) is 7.05 Å². The van der Waals surface area contributed by atoms with Gasteiger partial charge >= 0.3 is 0 Å². The van der Waals surface area contributed by atoms with Gasteiger partial charge in [0.25, 0.3) is 0 Å². The first-order valence-electron chi connectivity index (χ1n) is 7.59. The molecule has 0 bridgehead atoms. The molecule has 8 heteroatoms. The molecule has 1 fully saturated rings. The molecule has 0 saturated carbocycles. The van der Waals surface area contributed by atoms with Gasteiger partial charge in [-0.1, -0.05) is 0 Å². The summed E-state index contributed by atoms with van der Waals surface area (Å²) in [5, 5.41) is 12.1. The Balaban J connectivity index is 0.00000156. The van der Waals surface area contributed by atoms with Crippen LogP contribution in [0.4, 0.5) is 5.69 Å². The molecule has 3 aromatic rings. The van der Waals surface area contributed by atoms with Gasteiger partial charge in [-0.2, -0.15) is 10.2 Å². The van der Waals surface area contributed by atoms with E-state index in [0.29, 0.717) is 0 Å². The van der Waals surface area contributed by atoms with Gasteiger partial charge in [-0.3, -0.25) is 9.67 Å². The lowest BCUT2D eigenvalue weighted by Gasteiger charge is -2.20. The summed E-state index contributed by atoms with van der Waals surface area (Å²) in [4.78, 5) is 6.97. The molecular formula is C15H20ClN7. The third-order valence-corrected chi connectivity index (χ3v) is 4.07. The van der Waals surface area contributed by atoms with Crippen molar-refractivity contribution in [1.82, 2.24) is 29.7 Å². The predicted octanol–water partition coefficient (Wildman–Crippen LogP) is 1.35. The molecule has 0 aliphatic carbocycles. The van der Waals surface area contributed by atoms with Crippen LogP contribution in [-0.4, -0.2) is 50.6 Å². The van der Waals surface area contributed by atoms with Crippen molar-refractivity contribution < 1.29 is 0 Å². The lowest BCUT2D eigenvalue weighted by atomic mass is 10.2. The largest absolute Gasteiger partial charge is 0.367 e. The van der Waals surface area contributed by atoms with Crippen molar-refractivity contribution in [2.75, 3.05) is 31.1 Å². The zero-order chi connectivity index (χ0) is 14.9. The summed E-state index contributed by atoms with van der Waals surface area (Å²) in [6, 6.07) is 0. The second-order valence-corrected chi connectivity index (χ2v) is 5.63. The minimum absolute atomic E-state index is 0. The summed E-state index contributed by atoms with van der Waals surface area (Å²) in [6.45, 7) is 4.15. The lowest BCUT2D eigenvalue weighted by Crippen LogP contribution is -2.27. The van der Waals surface area contributed by atoms with E-state index in [4.69, 9.17) is 0 Å². The van der Waals surface area contributed by atoms with Crippen molar-refractivity contribution >= 4 is 23.6 Å². The molecule has 3 aromatic heterocycles. The Morgan fingerprint density at radius 1 is 1.04 bits per heavy atom. The van der Waals surface area contributed by atoms with Gasteiger partial charge in [0.05, 0.1) is 36.2 Å². The normalized spacial score (nSPS) is 15.4. The number of nitrogens with zero attached hydrogens (tertiary/aromatic N) is 6. The molecule has 1 aliphatic rings. The number of aryl methyl sites for hydroxylation is 1. The minimum Gasteiger partial charge on any atom is -0.367 e. The van der Waals surface area contributed by atoms with Gasteiger partial charge in [-0.15, -0.1) is 12.4 Å². The van der Waals surface area contributed by atoms with E-state index in [1.165, 1.54) is 0 Å². The third kappa shape index (κ3) is 3.02. The molecule has 7 nitrogen and oxygen atoms in total. The fourth-order valence-electron chi connectivity index (χ4n) is 2.90. The third-order valence-electron chi connectivity index (χ3n) is 4.07. The predicted molar refractivity (Wildman–Crippen MR) is 92.1 cm³/mol. The average molecular weight is 334 g/mol. The molecule has 0 spiro atoms. The van der Waals surface area contributed by atoms with Crippen LogP contribution in [0.25, 0.3) is 16.8 Å². The standard InChI is InChI=1S/C15H19N7.ClH/c1-20-10-12(7-18-20)13-11-22-15(8-17-13)14(9-19-22)21-5-2-3-16-4-6-21;/h7-11,16H,2-6H2,1H3;1H. The summed E-state index contributed by atoms with van der Waals surface area (Å²) in [7, 11) is 1.90. The number of hydrogen-bond donors (Lipinski definition) is 1. The summed E-state index contributed by atoms with van der Waals surface area (Å²) in [6.07, 6.45) is 10.7. The molecule has 1 N–H and O–H groups in total. The van der Waals surface area contributed by atoms with Crippen LogP contribution in [0.2, 0.25) is 0 Å². The molecule has 1 aliphatic heterocycles. The van der Waals surface area contributed by atoms with Crippen LogP contribution in [0, 0.1) is 0 Å². The zero-order valence-electron chi connectivity index (χ0n) is 13.0. The Morgan fingerprint density at radius 2 is 1.96 bits per heavy atom. The molecular weight excluding hydrogens is 314 g/mol. The molecule has 0 aromatic carbocycles. The molecule has 23 heavy (non-hydrogen) atoms. The van der Waals surface area contributed by atoms with E-state index < -0.39 is 0 Å². The highest BCUT2D eigenvalue weighted by Gasteiger charge is 2.15. The maximum absolute atomic E-state index is 4.59. The van der Waals surface area contributed by atoms with Crippen molar-refractivity contribution in [3.8, 4) is 11.3 Å². The van der Waals surface area contributed by atoms with Crippen molar-refractivity contribution in [3.05, 3.63) is 31.0 Å². The molecule has 0 unspecified atom stereocenters. The maximum Gasteiger partial charge on any atom is 0.108 e. The van der Waals surface area contributed by atoms with Gasteiger partial charge in [0.15, 0.2) is 0 Å². The molecule has 0 amide bonds. The summed E-state index contributed by atoms with van der Waals surface area (Å²) in [5.74, 6) is 0. The Morgan fingerprint density at radius 3 is 2.78 bits per heavy atom. The Labute approximate surface area is 140 Å². The molecule has 122 valence electrons. The van der Waals surface area contributed by atoms with Gasteiger partial charge < -0.3 is 10.2 Å².